The van der Waals surface area contributed by atoms with Crippen LogP contribution in [0, 0.1) is 6.92 Å². The molecule has 0 aliphatic heterocycles. The van der Waals surface area contributed by atoms with Crippen molar-refractivity contribution in [1.82, 2.24) is 24.7 Å². The summed E-state index contributed by atoms with van der Waals surface area (Å²) >= 11 is 7.59. The van der Waals surface area contributed by atoms with Crippen LogP contribution in [-0.2, 0) is 5.75 Å². The highest BCUT2D eigenvalue weighted by Gasteiger charge is 2.21. The minimum absolute atomic E-state index is 0.146. The third-order valence-corrected chi connectivity index (χ3v) is 6.02. The number of hydrogen-bond acceptors (Lipinski definition) is 5. The third kappa shape index (κ3) is 3.50. The van der Waals surface area contributed by atoms with Crippen molar-refractivity contribution in [3.8, 4) is 0 Å². The Morgan fingerprint density at radius 3 is 2.88 bits per heavy atom. The number of aryl methyl sites for hydroxylation is 1. The average molecular weight is 390 g/mol. The van der Waals surface area contributed by atoms with Gasteiger partial charge in [-0.15, -0.1) is 10.2 Å². The topological polar surface area (TPSA) is 76.5 Å². The number of halogens is 1. The molecule has 1 saturated carbocycles. The highest BCUT2D eigenvalue weighted by molar-refractivity contribution is 7.98. The molecule has 0 bridgehead atoms. The van der Waals surface area contributed by atoms with Gasteiger partial charge < -0.3 is 9.55 Å². The van der Waals surface area contributed by atoms with E-state index >= 15 is 0 Å². The van der Waals surface area contributed by atoms with Gasteiger partial charge in [0.2, 0.25) is 0 Å². The second-order valence-corrected chi connectivity index (χ2v) is 8.03. The molecule has 3 aromatic rings. The van der Waals surface area contributed by atoms with E-state index in [9.17, 15) is 4.79 Å². The van der Waals surface area contributed by atoms with Gasteiger partial charge in [0.25, 0.3) is 5.56 Å². The first-order valence-electron chi connectivity index (χ1n) is 8.84. The zero-order valence-corrected chi connectivity index (χ0v) is 16.1. The highest BCUT2D eigenvalue weighted by atomic mass is 35.5. The minimum Gasteiger partial charge on any atom is -0.309 e. The van der Waals surface area contributed by atoms with Crippen LogP contribution in [0.1, 0.15) is 49.8 Å². The lowest BCUT2D eigenvalue weighted by molar-refractivity contribution is 0.332. The van der Waals surface area contributed by atoms with E-state index in [0.717, 1.165) is 11.0 Å². The lowest BCUT2D eigenvalue weighted by atomic mass is 9.95. The molecule has 0 spiro atoms. The van der Waals surface area contributed by atoms with Gasteiger partial charge in [0.15, 0.2) is 5.16 Å². The molecule has 26 heavy (non-hydrogen) atoms. The first-order chi connectivity index (χ1) is 12.6. The van der Waals surface area contributed by atoms with Crippen LogP contribution in [0.3, 0.4) is 0 Å². The largest absolute Gasteiger partial charge is 0.309 e. The van der Waals surface area contributed by atoms with Crippen molar-refractivity contribution in [2.75, 3.05) is 0 Å². The van der Waals surface area contributed by atoms with Crippen LogP contribution in [-0.4, -0.2) is 24.7 Å². The lowest BCUT2D eigenvalue weighted by Gasteiger charge is -2.24. The number of rotatable bonds is 4. The van der Waals surface area contributed by atoms with Crippen LogP contribution in [0.25, 0.3) is 10.9 Å². The quantitative estimate of drug-likeness (QED) is 0.674. The normalized spacial score (nSPS) is 15.6. The van der Waals surface area contributed by atoms with Crippen LogP contribution in [0.2, 0.25) is 5.02 Å². The molecule has 1 N–H and O–H groups in total. The van der Waals surface area contributed by atoms with E-state index in [1.165, 1.54) is 32.1 Å². The number of hydrogen-bond donors (Lipinski definition) is 1. The first kappa shape index (κ1) is 17.5. The highest BCUT2D eigenvalue weighted by Crippen LogP contribution is 2.33. The molecule has 2 aromatic heterocycles. The SMILES string of the molecule is Cc1nnc(SCc2nc3cc(Cl)ccc3c(=O)[nH]2)n1C1CCCCC1. The van der Waals surface area contributed by atoms with Crippen LogP contribution >= 0.6 is 23.4 Å². The van der Waals surface area contributed by atoms with Gasteiger partial charge in [-0.05, 0) is 38.0 Å². The second kappa shape index (κ2) is 7.40. The lowest BCUT2D eigenvalue weighted by Crippen LogP contribution is -2.15. The molecule has 1 aliphatic carbocycles. The summed E-state index contributed by atoms with van der Waals surface area (Å²) in [5, 5.41) is 10.6. The summed E-state index contributed by atoms with van der Waals surface area (Å²) in [5.41, 5.74) is 0.467. The van der Waals surface area contributed by atoms with Crippen molar-refractivity contribution < 1.29 is 0 Å². The molecule has 0 unspecified atom stereocenters. The Hall–Kier alpha value is -1.86. The molecule has 4 rings (SSSR count). The van der Waals surface area contributed by atoms with E-state index in [1.807, 2.05) is 6.92 Å². The van der Waals surface area contributed by atoms with Crippen LogP contribution in [0.5, 0.6) is 0 Å². The number of benzene rings is 1. The number of nitrogens with one attached hydrogen (secondary N) is 1. The predicted octanol–water partition coefficient (Wildman–Crippen LogP) is 4.27. The Morgan fingerprint density at radius 1 is 1.27 bits per heavy atom. The average Bonchev–Trinajstić information content (AvgIpc) is 3.01. The summed E-state index contributed by atoms with van der Waals surface area (Å²) in [6.45, 7) is 2.00. The Labute approximate surface area is 160 Å². The van der Waals surface area contributed by atoms with Gasteiger partial charge >= 0.3 is 0 Å². The van der Waals surface area contributed by atoms with Gasteiger partial charge in [0.1, 0.15) is 11.6 Å². The number of aromatic nitrogens is 5. The molecule has 8 heteroatoms. The Kier molecular flexibility index (Phi) is 5.00. The Bertz CT molecular complexity index is 993. The molecular weight excluding hydrogens is 370 g/mol. The van der Waals surface area contributed by atoms with Gasteiger partial charge in [0.05, 0.1) is 16.7 Å². The molecule has 6 nitrogen and oxygen atoms in total. The first-order valence-corrected chi connectivity index (χ1v) is 10.2. The fraction of sp³-hybridized carbons (Fsp3) is 0.444. The van der Waals surface area contributed by atoms with Crippen molar-refractivity contribution in [1.29, 1.82) is 0 Å². The van der Waals surface area contributed by atoms with Crippen molar-refractivity contribution in [3.05, 3.63) is 45.2 Å². The molecular formula is C18H20ClN5OS. The minimum atomic E-state index is -0.146. The molecule has 1 fully saturated rings. The number of thioether (sulfide) groups is 1. The second-order valence-electron chi connectivity index (χ2n) is 6.65. The summed E-state index contributed by atoms with van der Waals surface area (Å²) in [5.74, 6) is 2.10. The van der Waals surface area contributed by atoms with E-state index in [2.05, 4.69) is 24.7 Å². The smallest absolute Gasteiger partial charge is 0.258 e. The van der Waals surface area contributed by atoms with E-state index in [0.29, 0.717) is 33.5 Å². The standard InChI is InChI=1S/C18H20ClN5OS/c1-11-22-23-18(24(11)13-5-3-2-4-6-13)26-10-16-20-15-9-12(19)7-8-14(15)17(25)21-16/h7-9,13H,2-6,10H2,1H3,(H,20,21,25). The zero-order valence-electron chi connectivity index (χ0n) is 14.5. The summed E-state index contributed by atoms with van der Waals surface area (Å²) in [4.78, 5) is 19.7. The Morgan fingerprint density at radius 2 is 2.08 bits per heavy atom. The summed E-state index contributed by atoms with van der Waals surface area (Å²) in [7, 11) is 0. The van der Waals surface area contributed by atoms with E-state index in [-0.39, 0.29) is 5.56 Å². The van der Waals surface area contributed by atoms with Gasteiger partial charge in [-0.1, -0.05) is 42.6 Å². The maximum atomic E-state index is 12.3. The van der Waals surface area contributed by atoms with Crippen molar-refractivity contribution in [2.24, 2.45) is 0 Å². The molecule has 1 aliphatic rings. The molecule has 0 amide bonds. The zero-order chi connectivity index (χ0) is 18.1. The van der Waals surface area contributed by atoms with Gasteiger partial charge in [0, 0.05) is 11.1 Å². The number of fused-ring (bicyclic) bond motifs is 1. The van der Waals surface area contributed by atoms with Crippen molar-refractivity contribution >= 4 is 34.3 Å². The van der Waals surface area contributed by atoms with Crippen molar-refractivity contribution in [2.45, 2.75) is 56.0 Å². The maximum absolute atomic E-state index is 12.3. The number of aromatic amines is 1. The molecule has 0 atom stereocenters. The van der Waals surface area contributed by atoms with Gasteiger partial charge in [-0.2, -0.15) is 0 Å². The fourth-order valence-corrected chi connectivity index (χ4v) is 4.66. The molecule has 2 heterocycles. The summed E-state index contributed by atoms with van der Waals surface area (Å²) in [6.07, 6.45) is 6.18. The monoisotopic (exact) mass is 389 g/mol. The maximum Gasteiger partial charge on any atom is 0.258 e. The molecule has 0 radical (unpaired) electrons. The van der Waals surface area contributed by atoms with Gasteiger partial charge in [-0.25, -0.2) is 4.98 Å². The van der Waals surface area contributed by atoms with Crippen molar-refractivity contribution in [3.63, 3.8) is 0 Å². The Balaban J connectivity index is 1.58. The van der Waals surface area contributed by atoms with Gasteiger partial charge in [-0.3, -0.25) is 4.79 Å². The number of nitrogens with zero attached hydrogens (tertiary/aromatic N) is 4. The van der Waals surface area contributed by atoms with E-state index < -0.39 is 0 Å². The molecule has 1 aromatic carbocycles. The number of H-pyrrole nitrogens is 1. The van der Waals surface area contributed by atoms with E-state index in [4.69, 9.17) is 11.6 Å². The van der Waals surface area contributed by atoms with E-state index in [1.54, 1.807) is 30.0 Å². The van der Waals surface area contributed by atoms with Crippen LogP contribution < -0.4 is 5.56 Å². The molecule has 0 saturated heterocycles. The van der Waals surface area contributed by atoms with Crippen LogP contribution in [0.4, 0.5) is 0 Å². The predicted molar refractivity (Wildman–Crippen MR) is 104 cm³/mol. The summed E-state index contributed by atoms with van der Waals surface area (Å²) < 4.78 is 2.25. The molecule has 136 valence electrons. The third-order valence-electron chi connectivity index (χ3n) is 4.83. The summed E-state index contributed by atoms with van der Waals surface area (Å²) in [6, 6.07) is 5.59. The van der Waals surface area contributed by atoms with Crippen LogP contribution in [0.15, 0.2) is 28.2 Å². The fourth-order valence-electron chi connectivity index (χ4n) is 3.57.